The minimum Gasteiger partial charge on any atom is -0.378 e. The molecule has 0 aliphatic carbocycles. The van der Waals surface area contributed by atoms with Gasteiger partial charge in [-0.05, 0) is 18.2 Å². The smallest absolute Gasteiger partial charge is 0.267 e. The molecule has 0 saturated heterocycles. The van der Waals surface area contributed by atoms with Crippen LogP contribution in [-0.2, 0) is 4.79 Å². The first kappa shape index (κ1) is 16.8. The number of nitrogens with one attached hydrogen (secondary N) is 1. The Balaban J connectivity index is 2.80. The minimum absolute atomic E-state index is 0.0680. The molecule has 5 nitrogen and oxygen atoms in total. The number of nitrogens with zero attached hydrogens (tertiary/aromatic N) is 3. The zero-order valence-electron chi connectivity index (χ0n) is 11.2. The van der Waals surface area contributed by atoms with Crippen molar-refractivity contribution < 1.29 is 4.79 Å². The lowest BCUT2D eigenvalue weighted by molar-refractivity contribution is -0.112. The maximum Gasteiger partial charge on any atom is 0.267 e. The van der Waals surface area contributed by atoms with Gasteiger partial charge in [0, 0.05) is 25.5 Å². The van der Waals surface area contributed by atoms with E-state index in [1.807, 2.05) is 12.1 Å². The van der Waals surface area contributed by atoms with Gasteiger partial charge in [-0.3, -0.25) is 4.79 Å². The van der Waals surface area contributed by atoms with Crippen molar-refractivity contribution in [1.29, 1.82) is 10.5 Å². The molecule has 0 aromatic heterocycles. The molecule has 0 bridgehead atoms. The summed E-state index contributed by atoms with van der Waals surface area (Å²) < 4.78 is 0. The molecule has 108 valence electrons. The number of rotatable bonds is 5. The molecular formula is C14H12Cl2N4O. The second-order valence-electron chi connectivity index (χ2n) is 4.13. The standard InChI is InChI=1S/C14H12Cl2N4O/c1-20(6-2-5-17)9-10(8-18)14(21)19-11-3-4-12(15)13(16)7-11/h3-4,7,9H,2,6H2,1H3,(H,19,21). The molecule has 21 heavy (non-hydrogen) atoms. The predicted molar refractivity (Wildman–Crippen MR) is 81.6 cm³/mol. The van der Waals surface area contributed by atoms with Crippen LogP contribution in [0.4, 0.5) is 5.69 Å². The normalized spacial score (nSPS) is 10.4. The third-order valence-corrected chi connectivity index (χ3v) is 3.21. The molecule has 0 spiro atoms. The number of benzene rings is 1. The summed E-state index contributed by atoms with van der Waals surface area (Å²) in [4.78, 5) is 13.6. The van der Waals surface area contributed by atoms with Crippen LogP contribution in [0, 0.1) is 22.7 Å². The third kappa shape index (κ3) is 5.35. The maximum atomic E-state index is 12.0. The van der Waals surface area contributed by atoms with Crippen LogP contribution in [0.25, 0.3) is 0 Å². The van der Waals surface area contributed by atoms with Gasteiger partial charge in [-0.15, -0.1) is 0 Å². The lowest BCUT2D eigenvalue weighted by Crippen LogP contribution is -2.18. The lowest BCUT2D eigenvalue weighted by Gasteiger charge is -2.12. The molecule has 0 radical (unpaired) electrons. The molecular weight excluding hydrogens is 311 g/mol. The van der Waals surface area contributed by atoms with E-state index in [-0.39, 0.29) is 5.57 Å². The number of hydrogen-bond donors (Lipinski definition) is 1. The highest BCUT2D eigenvalue weighted by Crippen LogP contribution is 2.25. The van der Waals surface area contributed by atoms with E-state index >= 15 is 0 Å². The highest BCUT2D eigenvalue weighted by molar-refractivity contribution is 6.42. The fraction of sp³-hybridized carbons (Fsp3) is 0.214. The van der Waals surface area contributed by atoms with Crippen LogP contribution in [0.15, 0.2) is 30.0 Å². The van der Waals surface area contributed by atoms with Gasteiger partial charge in [0.2, 0.25) is 0 Å². The van der Waals surface area contributed by atoms with Crippen LogP contribution in [0.3, 0.4) is 0 Å². The van der Waals surface area contributed by atoms with E-state index in [9.17, 15) is 4.79 Å². The Kier molecular flexibility index (Phi) is 6.55. The summed E-state index contributed by atoms with van der Waals surface area (Å²) in [5.74, 6) is -0.556. The van der Waals surface area contributed by atoms with E-state index < -0.39 is 5.91 Å². The largest absolute Gasteiger partial charge is 0.378 e. The average Bonchev–Trinajstić information content (AvgIpc) is 2.46. The quantitative estimate of drug-likeness (QED) is 0.666. The summed E-state index contributed by atoms with van der Waals surface area (Å²) in [5.41, 5.74) is 0.372. The van der Waals surface area contributed by atoms with Crippen molar-refractivity contribution in [2.24, 2.45) is 0 Å². The van der Waals surface area contributed by atoms with Crippen LogP contribution in [0.5, 0.6) is 0 Å². The number of amides is 1. The number of carbonyl (C=O) groups is 1. The molecule has 1 N–H and O–H groups in total. The van der Waals surface area contributed by atoms with Crippen molar-refractivity contribution in [2.75, 3.05) is 18.9 Å². The Labute approximate surface area is 133 Å². The monoisotopic (exact) mass is 322 g/mol. The van der Waals surface area contributed by atoms with Crippen molar-refractivity contribution >= 4 is 34.8 Å². The topological polar surface area (TPSA) is 79.9 Å². The van der Waals surface area contributed by atoms with Gasteiger partial charge in [0.05, 0.1) is 22.5 Å². The first-order valence-electron chi connectivity index (χ1n) is 5.93. The molecule has 0 saturated carbocycles. The number of anilines is 1. The lowest BCUT2D eigenvalue weighted by atomic mass is 10.2. The van der Waals surface area contributed by atoms with E-state index in [2.05, 4.69) is 5.32 Å². The van der Waals surface area contributed by atoms with Crippen LogP contribution in [-0.4, -0.2) is 24.4 Å². The average molecular weight is 323 g/mol. The second-order valence-corrected chi connectivity index (χ2v) is 4.94. The Morgan fingerprint density at radius 1 is 1.38 bits per heavy atom. The maximum absolute atomic E-state index is 12.0. The zero-order chi connectivity index (χ0) is 15.8. The van der Waals surface area contributed by atoms with Gasteiger partial charge in [-0.1, -0.05) is 23.2 Å². The number of hydrogen-bond acceptors (Lipinski definition) is 4. The molecule has 0 aliphatic heterocycles. The zero-order valence-corrected chi connectivity index (χ0v) is 12.7. The molecule has 7 heteroatoms. The Hall–Kier alpha value is -2.21. The summed E-state index contributed by atoms with van der Waals surface area (Å²) >= 11 is 11.6. The van der Waals surface area contributed by atoms with Crippen molar-refractivity contribution in [3.05, 3.63) is 40.0 Å². The summed E-state index contributed by atoms with van der Waals surface area (Å²) in [5, 5.41) is 20.8. The molecule has 1 aromatic carbocycles. The molecule has 1 rings (SSSR count). The van der Waals surface area contributed by atoms with E-state index in [1.54, 1.807) is 24.1 Å². The summed E-state index contributed by atoms with van der Waals surface area (Å²) in [6.07, 6.45) is 1.70. The van der Waals surface area contributed by atoms with Crippen molar-refractivity contribution in [1.82, 2.24) is 4.90 Å². The highest BCUT2D eigenvalue weighted by Gasteiger charge is 2.11. The van der Waals surface area contributed by atoms with E-state index in [4.69, 9.17) is 33.7 Å². The van der Waals surface area contributed by atoms with Crippen LogP contribution in [0.1, 0.15) is 6.42 Å². The predicted octanol–water partition coefficient (Wildman–Crippen LogP) is 3.18. The first-order valence-corrected chi connectivity index (χ1v) is 6.69. The van der Waals surface area contributed by atoms with Gasteiger partial charge in [0.15, 0.2) is 0 Å². The molecule has 0 atom stereocenters. The van der Waals surface area contributed by atoms with Gasteiger partial charge < -0.3 is 10.2 Å². The van der Waals surface area contributed by atoms with Gasteiger partial charge in [-0.2, -0.15) is 10.5 Å². The van der Waals surface area contributed by atoms with Crippen LogP contribution in [0.2, 0.25) is 10.0 Å². The van der Waals surface area contributed by atoms with Crippen molar-refractivity contribution in [3.8, 4) is 12.1 Å². The van der Waals surface area contributed by atoms with Crippen molar-refractivity contribution in [2.45, 2.75) is 6.42 Å². The second kappa shape index (κ2) is 8.16. The molecule has 0 heterocycles. The fourth-order valence-corrected chi connectivity index (χ4v) is 1.72. The van der Waals surface area contributed by atoms with Gasteiger partial charge >= 0.3 is 0 Å². The van der Waals surface area contributed by atoms with Crippen LogP contribution >= 0.6 is 23.2 Å². The molecule has 1 amide bonds. The number of halogens is 2. The Bertz CT molecular complexity index is 643. The molecule has 0 fully saturated rings. The fourth-order valence-electron chi connectivity index (χ4n) is 1.42. The Morgan fingerprint density at radius 2 is 2.10 bits per heavy atom. The van der Waals surface area contributed by atoms with E-state index in [0.29, 0.717) is 28.7 Å². The number of nitriles is 2. The molecule has 1 aromatic rings. The number of carbonyl (C=O) groups excluding carboxylic acids is 1. The van der Waals surface area contributed by atoms with E-state index in [0.717, 1.165) is 0 Å². The van der Waals surface area contributed by atoms with Gasteiger partial charge in [0.25, 0.3) is 5.91 Å². The van der Waals surface area contributed by atoms with Gasteiger partial charge in [-0.25, -0.2) is 0 Å². The Morgan fingerprint density at radius 3 is 2.67 bits per heavy atom. The van der Waals surface area contributed by atoms with Gasteiger partial charge in [0.1, 0.15) is 11.6 Å². The summed E-state index contributed by atoms with van der Waals surface area (Å²) in [7, 11) is 1.68. The summed E-state index contributed by atoms with van der Waals surface area (Å²) in [6.45, 7) is 0.432. The third-order valence-electron chi connectivity index (χ3n) is 2.47. The molecule has 0 unspecified atom stereocenters. The van der Waals surface area contributed by atoms with Crippen LogP contribution < -0.4 is 5.32 Å². The minimum atomic E-state index is -0.556. The van der Waals surface area contributed by atoms with Crippen molar-refractivity contribution in [3.63, 3.8) is 0 Å². The SMILES string of the molecule is CN(C=C(C#N)C(=O)Nc1ccc(Cl)c(Cl)c1)CCC#N. The highest BCUT2D eigenvalue weighted by atomic mass is 35.5. The molecule has 0 aliphatic rings. The summed E-state index contributed by atoms with van der Waals surface area (Å²) in [6, 6.07) is 8.44. The van der Waals surface area contributed by atoms with E-state index in [1.165, 1.54) is 12.3 Å². The first-order chi connectivity index (χ1) is 9.97.